The molecule has 37 heavy (non-hydrogen) atoms. The van der Waals surface area contributed by atoms with E-state index in [0.29, 0.717) is 11.5 Å². The molecular formula is C32H48F4O. The van der Waals surface area contributed by atoms with Crippen molar-refractivity contribution in [3.8, 4) is 5.75 Å². The van der Waals surface area contributed by atoms with Crippen LogP contribution in [0.2, 0.25) is 0 Å². The monoisotopic (exact) mass is 524 g/mol. The van der Waals surface area contributed by atoms with Crippen LogP contribution in [0, 0.1) is 41.2 Å². The summed E-state index contributed by atoms with van der Waals surface area (Å²) >= 11 is 0. The lowest BCUT2D eigenvalue weighted by Gasteiger charge is -2.43. The first-order valence-corrected chi connectivity index (χ1v) is 15.4. The number of unbranched alkanes of at least 4 members (excludes halogenated alkanes) is 4. The average Bonchev–Trinajstić information content (AvgIpc) is 2.89. The third kappa shape index (κ3) is 8.36. The molecule has 0 N–H and O–H groups in total. The van der Waals surface area contributed by atoms with E-state index in [2.05, 4.69) is 11.7 Å². The average molecular weight is 525 g/mol. The maximum absolute atomic E-state index is 14.3. The number of alkyl halides is 2. The second kappa shape index (κ2) is 14.2. The molecule has 0 spiro atoms. The van der Waals surface area contributed by atoms with Crippen LogP contribution in [0.3, 0.4) is 0 Å². The van der Waals surface area contributed by atoms with Crippen LogP contribution in [-0.2, 0) is 0 Å². The lowest BCUT2D eigenvalue weighted by atomic mass is 9.63. The van der Waals surface area contributed by atoms with Gasteiger partial charge in [0.25, 0.3) is 0 Å². The van der Waals surface area contributed by atoms with Crippen LogP contribution in [0.1, 0.15) is 134 Å². The Morgan fingerprint density at radius 2 is 1.27 bits per heavy atom. The van der Waals surface area contributed by atoms with Crippen molar-refractivity contribution in [2.24, 2.45) is 29.6 Å². The smallest absolute Gasteiger partial charge is 0.387 e. The Kier molecular flexibility index (Phi) is 11.0. The molecule has 3 fully saturated rings. The summed E-state index contributed by atoms with van der Waals surface area (Å²) in [5.41, 5.74) is 0.591. The quantitative estimate of drug-likeness (QED) is 0.195. The number of benzene rings is 1. The normalized spacial score (nSPS) is 30.3. The Labute approximate surface area is 222 Å². The van der Waals surface area contributed by atoms with Gasteiger partial charge in [0.05, 0.1) is 0 Å². The molecule has 1 nitrogen and oxygen atoms in total. The zero-order valence-corrected chi connectivity index (χ0v) is 22.8. The third-order valence-electron chi connectivity index (χ3n) is 10.1. The Morgan fingerprint density at radius 1 is 0.703 bits per heavy atom. The molecule has 3 aliphatic carbocycles. The fourth-order valence-electron chi connectivity index (χ4n) is 7.88. The minimum Gasteiger partial charge on any atom is -0.429 e. The largest absolute Gasteiger partial charge is 0.429 e. The van der Waals surface area contributed by atoms with Crippen LogP contribution in [0.5, 0.6) is 5.75 Å². The first kappa shape index (κ1) is 28.7. The molecule has 0 heterocycles. The highest BCUT2D eigenvalue weighted by Gasteiger charge is 2.36. The van der Waals surface area contributed by atoms with Gasteiger partial charge in [-0.25, -0.2) is 8.78 Å². The molecule has 5 heteroatoms. The van der Waals surface area contributed by atoms with Crippen molar-refractivity contribution >= 4 is 0 Å². The fraction of sp³-hybridized carbons (Fsp3) is 0.812. The summed E-state index contributed by atoms with van der Waals surface area (Å²) in [6.07, 6.45) is 23.8. The molecule has 0 aromatic heterocycles. The molecule has 0 radical (unpaired) electrons. The highest BCUT2D eigenvalue weighted by Crippen LogP contribution is 2.49. The van der Waals surface area contributed by atoms with Gasteiger partial charge in [-0.15, -0.1) is 0 Å². The number of rotatable bonds is 12. The molecule has 1 aromatic rings. The Hall–Kier alpha value is -1.26. The van der Waals surface area contributed by atoms with Gasteiger partial charge in [-0.05, 0) is 85.3 Å². The molecule has 210 valence electrons. The Morgan fingerprint density at radius 3 is 1.95 bits per heavy atom. The van der Waals surface area contributed by atoms with Gasteiger partial charge < -0.3 is 4.74 Å². The summed E-state index contributed by atoms with van der Waals surface area (Å²) in [5, 5.41) is 0. The van der Waals surface area contributed by atoms with Crippen molar-refractivity contribution in [1.82, 2.24) is 0 Å². The van der Waals surface area contributed by atoms with Crippen LogP contribution < -0.4 is 4.74 Å². The van der Waals surface area contributed by atoms with Crippen molar-refractivity contribution in [2.45, 2.75) is 135 Å². The third-order valence-corrected chi connectivity index (χ3v) is 10.1. The number of hydrogen-bond acceptors (Lipinski definition) is 1. The molecule has 3 aliphatic rings. The van der Waals surface area contributed by atoms with Crippen LogP contribution in [0.25, 0.3) is 0 Å². The number of ether oxygens (including phenoxy) is 1. The van der Waals surface area contributed by atoms with Crippen LogP contribution >= 0.6 is 0 Å². The summed E-state index contributed by atoms with van der Waals surface area (Å²) in [6, 6.07) is 2.41. The summed E-state index contributed by atoms with van der Waals surface area (Å²) in [6.45, 7) is -0.953. The van der Waals surface area contributed by atoms with Gasteiger partial charge in [-0.3, -0.25) is 0 Å². The van der Waals surface area contributed by atoms with Gasteiger partial charge in [0.2, 0.25) is 0 Å². The Bertz CT molecular complexity index is 796. The van der Waals surface area contributed by atoms with E-state index in [9.17, 15) is 17.6 Å². The lowest BCUT2D eigenvalue weighted by molar-refractivity contribution is -0.0546. The van der Waals surface area contributed by atoms with Gasteiger partial charge in [0, 0.05) is 0 Å². The first-order chi connectivity index (χ1) is 17.9. The summed E-state index contributed by atoms with van der Waals surface area (Å²) < 4.78 is 57.5. The standard InChI is InChI=1S/C32H48F4O/c1-2-3-4-5-6-7-22-8-10-23(11-9-22)12-13-24-14-15-26-19-27(17-16-25(26)18-24)28-20-29(33)31(30(34)21-28)37-32(35)36/h20-27,32H,2-19H2,1H3. The molecule has 3 saturated carbocycles. The highest BCUT2D eigenvalue weighted by molar-refractivity contribution is 5.33. The van der Waals surface area contributed by atoms with Gasteiger partial charge in [-0.2, -0.15) is 8.78 Å². The zero-order chi connectivity index (χ0) is 26.2. The number of fused-ring (bicyclic) bond motifs is 1. The van der Waals surface area contributed by atoms with Crippen LogP contribution in [0.15, 0.2) is 12.1 Å². The SMILES string of the molecule is CCCCCCCC1CCC(CCC2CCC3CC(c4cc(F)c(OC(F)F)c(F)c4)CCC3C2)CC1. The lowest BCUT2D eigenvalue weighted by Crippen LogP contribution is -2.30. The molecule has 1 aromatic carbocycles. The fourth-order valence-corrected chi connectivity index (χ4v) is 7.88. The molecule has 0 bridgehead atoms. The van der Waals surface area contributed by atoms with E-state index in [4.69, 9.17) is 0 Å². The van der Waals surface area contributed by atoms with Gasteiger partial charge >= 0.3 is 6.61 Å². The Balaban J connectivity index is 1.16. The predicted molar refractivity (Wildman–Crippen MR) is 142 cm³/mol. The van der Waals surface area contributed by atoms with E-state index in [0.717, 1.165) is 42.9 Å². The van der Waals surface area contributed by atoms with Crippen LogP contribution in [0.4, 0.5) is 17.6 Å². The van der Waals surface area contributed by atoms with Crippen LogP contribution in [-0.4, -0.2) is 6.61 Å². The van der Waals surface area contributed by atoms with Crippen molar-refractivity contribution in [1.29, 1.82) is 0 Å². The molecule has 0 saturated heterocycles. The maximum atomic E-state index is 14.3. The minimum absolute atomic E-state index is 0.101. The topological polar surface area (TPSA) is 9.23 Å². The summed E-state index contributed by atoms with van der Waals surface area (Å²) in [7, 11) is 0. The molecular weight excluding hydrogens is 476 g/mol. The van der Waals surface area contributed by atoms with E-state index in [1.807, 2.05) is 0 Å². The number of halogens is 4. The molecule has 4 unspecified atom stereocenters. The van der Waals surface area contributed by atoms with E-state index in [1.54, 1.807) is 0 Å². The second-order valence-electron chi connectivity index (χ2n) is 12.6. The minimum atomic E-state index is -3.24. The summed E-state index contributed by atoms with van der Waals surface area (Å²) in [4.78, 5) is 0. The first-order valence-electron chi connectivity index (χ1n) is 15.4. The number of hydrogen-bond donors (Lipinski definition) is 0. The second-order valence-corrected chi connectivity index (χ2v) is 12.6. The van der Waals surface area contributed by atoms with Gasteiger partial charge in [0.1, 0.15) is 0 Å². The molecule has 0 amide bonds. The van der Waals surface area contributed by atoms with E-state index < -0.39 is 24.0 Å². The molecule has 4 atom stereocenters. The van der Waals surface area contributed by atoms with Crippen molar-refractivity contribution in [3.05, 3.63) is 29.3 Å². The predicted octanol–water partition coefficient (Wildman–Crippen LogP) is 10.8. The van der Waals surface area contributed by atoms with E-state index in [-0.39, 0.29) is 5.92 Å². The molecule has 4 rings (SSSR count). The van der Waals surface area contributed by atoms with E-state index >= 15 is 0 Å². The highest BCUT2D eigenvalue weighted by atomic mass is 19.3. The zero-order valence-electron chi connectivity index (χ0n) is 22.8. The van der Waals surface area contributed by atoms with E-state index in [1.165, 1.54) is 108 Å². The maximum Gasteiger partial charge on any atom is 0.387 e. The van der Waals surface area contributed by atoms with Gasteiger partial charge in [-0.1, -0.05) is 90.4 Å². The van der Waals surface area contributed by atoms with Gasteiger partial charge in [0.15, 0.2) is 17.4 Å². The van der Waals surface area contributed by atoms with Crippen molar-refractivity contribution in [3.63, 3.8) is 0 Å². The van der Waals surface area contributed by atoms with Crippen molar-refractivity contribution < 1.29 is 22.3 Å². The molecule has 0 aliphatic heterocycles. The van der Waals surface area contributed by atoms with Crippen molar-refractivity contribution in [2.75, 3.05) is 0 Å². The summed E-state index contributed by atoms with van der Waals surface area (Å²) in [5.74, 6) is 1.19.